The molecule has 2 N–H and O–H groups in total. The van der Waals surface area contributed by atoms with Crippen LogP contribution in [0.4, 0.5) is 0 Å². The second-order valence-electron chi connectivity index (χ2n) is 8.91. The van der Waals surface area contributed by atoms with Crippen LogP contribution in [0.3, 0.4) is 0 Å². The molecule has 2 aliphatic rings. The molecule has 2 fully saturated rings. The fourth-order valence-corrected chi connectivity index (χ4v) is 5.91. The van der Waals surface area contributed by atoms with Crippen LogP contribution in [0, 0.1) is 0 Å². The number of nitrogens with zero attached hydrogens (tertiary/aromatic N) is 2. The van der Waals surface area contributed by atoms with Gasteiger partial charge in [-0.15, -0.1) is 11.8 Å². The van der Waals surface area contributed by atoms with E-state index in [4.69, 9.17) is 4.98 Å². The van der Waals surface area contributed by atoms with E-state index >= 15 is 0 Å². The van der Waals surface area contributed by atoms with Gasteiger partial charge in [-0.3, -0.25) is 9.59 Å². The lowest BCUT2D eigenvalue weighted by Gasteiger charge is -2.37. The number of carboxylic acid groups (broad SMARTS) is 1. The number of hydrogen-bond donors (Lipinski definition) is 2. The van der Waals surface area contributed by atoms with Gasteiger partial charge in [0.2, 0.25) is 0 Å². The number of hydrogen-bond acceptors (Lipinski definition) is 5. The molecule has 0 unspecified atom stereocenters. The first kappa shape index (κ1) is 24.1. The van der Waals surface area contributed by atoms with Gasteiger partial charge in [0.05, 0.1) is 12.0 Å². The zero-order valence-electron chi connectivity index (χ0n) is 19.0. The summed E-state index contributed by atoms with van der Waals surface area (Å²) in [6.07, 6.45) is 8.57. The van der Waals surface area contributed by atoms with Crippen LogP contribution in [-0.4, -0.2) is 58.3 Å². The monoisotopic (exact) mass is 447 g/mol. The molecular weight excluding hydrogens is 410 g/mol. The fraction of sp³-hybridized carbons (Fsp3) is 0.708. The molecule has 2 heterocycles. The van der Waals surface area contributed by atoms with Gasteiger partial charge >= 0.3 is 5.97 Å². The molecule has 1 saturated carbocycles. The number of carbonyl (C=O) groups excluding carboxylic acids is 1. The van der Waals surface area contributed by atoms with Gasteiger partial charge in [-0.25, -0.2) is 4.98 Å². The quantitative estimate of drug-likeness (QED) is 0.543. The van der Waals surface area contributed by atoms with Gasteiger partial charge in [0.15, 0.2) is 0 Å². The predicted octanol–water partition coefficient (Wildman–Crippen LogP) is 4.47. The van der Waals surface area contributed by atoms with Crippen LogP contribution < -0.4 is 5.32 Å². The van der Waals surface area contributed by atoms with E-state index in [1.807, 2.05) is 17.0 Å². The van der Waals surface area contributed by atoms with Crippen molar-refractivity contribution in [2.45, 2.75) is 88.1 Å². The second-order valence-corrected chi connectivity index (χ2v) is 10.00. The van der Waals surface area contributed by atoms with Gasteiger partial charge < -0.3 is 15.3 Å². The van der Waals surface area contributed by atoms with Crippen molar-refractivity contribution in [3.63, 3.8) is 0 Å². The van der Waals surface area contributed by atoms with Crippen molar-refractivity contribution in [2.24, 2.45) is 0 Å². The molecule has 1 aliphatic heterocycles. The molecule has 0 bridgehead atoms. The topological polar surface area (TPSA) is 82.5 Å². The molecule has 0 radical (unpaired) electrons. The highest BCUT2D eigenvalue weighted by Gasteiger charge is 2.38. The minimum absolute atomic E-state index is 0.0569. The molecule has 172 valence electrons. The number of rotatable bonds is 9. The fourth-order valence-electron chi connectivity index (χ4n) is 5.04. The molecule has 1 aromatic heterocycles. The smallest absolute Gasteiger partial charge is 0.304 e. The number of thioether (sulfide) groups is 1. The third-order valence-electron chi connectivity index (χ3n) is 6.66. The summed E-state index contributed by atoms with van der Waals surface area (Å²) in [6.45, 7) is 6.40. The maximum absolute atomic E-state index is 13.6. The first-order chi connectivity index (χ1) is 15.0. The third kappa shape index (κ3) is 5.80. The first-order valence-electron chi connectivity index (χ1n) is 11.9. The van der Waals surface area contributed by atoms with Crippen LogP contribution in [0.15, 0.2) is 17.2 Å². The van der Waals surface area contributed by atoms with Crippen LogP contribution in [-0.2, 0) is 10.2 Å². The van der Waals surface area contributed by atoms with Gasteiger partial charge in [-0.05, 0) is 63.5 Å². The SMILES string of the molecule is CCCSc1nc([C@]2(CC(=O)O)CCCNC2)ccc1C(=O)N(CC)C1CCCCC1. The molecule has 3 rings (SSSR count). The number of carboxylic acids is 1. The average molecular weight is 448 g/mol. The molecule has 31 heavy (non-hydrogen) atoms. The average Bonchev–Trinajstić information content (AvgIpc) is 2.79. The summed E-state index contributed by atoms with van der Waals surface area (Å²) in [4.78, 5) is 32.2. The van der Waals surface area contributed by atoms with Crippen molar-refractivity contribution < 1.29 is 14.7 Å². The number of aromatic nitrogens is 1. The van der Waals surface area contributed by atoms with E-state index in [0.29, 0.717) is 24.7 Å². The zero-order chi connectivity index (χ0) is 22.3. The van der Waals surface area contributed by atoms with Gasteiger partial charge in [-0.1, -0.05) is 26.2 Å². The molecule has 7 heteroatoms. The molecule has 1 aliphatic carbocycles. The Morgan fingerprint density at radius 3 is 2.61 bits per heavy atom. The van der Waals surface area contributed by atoms with E-state index < -0.39 is 11.4 Å². The molecular formula is C24H37N3O3S. The maximum Gasteiger partial charge on any atom is 0.304 e. The van der Waals surface area contributed by atoms with Crippen LogP contribution >= 0.6 is 11.8 Å². The van der Waals surface area contributed by atoms with E-state index in [1.165, 1.54) is 19.3 Å². The van der Waals surface area contributed by atoms with Crippen molar-refractivity contribution >= 4 is 23.6 Å². The largest absolute Gasteiger partial charge is 0.481 e. The highest BCUT2D eigenvalue weighted by molar-refractivity contribution is 7.99. The molecule has 1 saturated heterocycles. The molecule has 6 nitrogen and oxygen atoms in total. The van der Waals surface area contributed by atoms with Gasteiger partial charge in [0, 0.05) is 30.2 Å². The molecule has 1 amide bonds. The van der Waals surface area contributed by atoms with E-state index in [1.54, 1.807) is 11.8 Å². The molecule has 1 atom stereocenters. The molecule has 0 spiro atoms. The lowest BCUT2D eigenvalue weighted by molar-refractivity contribution is -0.138. The Balaban J connectivity index is 1.95. The first-order valence-corrected chi connectivity index (χ1v) is 12.9. The third-order valence-corrected chi connectivity index (χ3v) is 7.85. The Morgan fingerprint density at radius 2 is 2.00 bits per heavy atom. The van der Waals surface area contributed by atoms with E-state index in [9.17, 15) is 14.7 Å². The Labute approximate surface area is 190 Å². The lowest BCUT2D eigenvalue weighted by Crippen LogP contribution is -2.45. The van der Waals surface area contributed by atoms with Gasteiger partial charge in [0.25, 0.3) is 5.91 Å². The number of nitrogens with one attached hydrogen (secondary N) is 1. The second kappa shape index (κ2) is 11.3. The number of piperidine rings is 1. The number of aliphatic carboxylic acids is 1. The van der Waals surface area contributed by atoms with Gasteiger partial charge in [0.1, 0.15) is 5.03 Å². The summed E-state index contributed by atoms with van der Waals surface area (Å²) in [7, 11) is 0. The summed E-state index contributed by atoms with van der Waals surface area (Å²) in [6, 6.07) is 4.14. The van der Waals surface area contributed by atoms with E-state index in [2.05, 4.69) is 19.2 Å². The number of pyridine rings is 1. The van der Waals surface area contributed by atoms with Crippen molar-refractivity contribution in [1.82, 2.24) is 15.2 Å². The van der Waals surface area contributed by atoms with Crippen LogP contribution in [0.2, 0.25) is 0 Å². The molecule has 0 aromatic carbocycles. The molecule has 1 aromatic rings. The Kier molecular flexibility index (Phi) is 8.78. The number of amides is 1. The Morgan fingerprint density at radius 1 is 1.23 bits per heavy atom. The van der Waals surface area contributed by atoms with Crippen LogP contribution in [0.25, 0.3) is 0 Å². The van der Waals surface area contributed by atoms with Crippen molar-refractivity contribution in [2.75, 3.05) is 25.4 Å². The predicted molar refractivity (Wildman–Crippen MR) is 125 cm³/mol. The van der Waals surface area contributed by atoms with Crippen LogP contribution in [0.5, 0.6) is 0 Å². The van der Waals surface area contributed by atoms with E-state index in [0.717, 1.165) is 55.1 Å². The summed E-state index contributed by atoms with van der Waals surface area (Å²) in [5, 5.41) is 13.7. The van der Waals surface area contributed by atoms with Gasteiger partial charge in [-0.2, -0.15) is 0 Å². The van der Waals surface area contributed by atoms with Crippen LogP contribution in [0.1, 0.15) is 87.7 Å². The van der Waals surface area contributed by atoms with E-state index in [-0.39, 0.29) is 12.3 Å². The summed E-state index contributed by atoms with van der Waals surface area (Å²) >= 11 is 1.62. The van der Waals surface area contributed by atoms with Crippen molar-refractivity contribution in [3.8, 4) is 0 Å². The van der Waals surface area contributed by atoms with Crippen molar-refractivity contribution in [3.05, 3.63) is 23.4 Å². The minimum atomic E-state index is -0.803. The normalized spacial score (nSPS) is 22.3. The standard InChI is InChI=1S/C24H37N3O3S/c1-3-15-31-22-19(23(30)27(4-2)18-9-6-5-7-10-18)11-12-20(26-22)24(16-21(28)29)13-8-14-25-17-24/h11-12,18,25H,3-10,13-17H2,1-2H3,(H,28,29)/t24-/m0/s1. The highest BCUT2D eigenvalue weighted by Crippen LogP contribution is 2.36. The minimum Gasteiger partial charge on any atom is -0.481 e. The van der Waals surface area contributed by atoms with Crippen molar-refractivity contribution in [1.29, 1.82) is 0 Å². The summed E-state index contributed by atoms with van der Waals surface area (Å²) in [5.74, 6) is 0.153. The zero-order valence-corrected chi connectivity index (χ0v) is 19.8. The Bertz CT molecular complexity index is 758. The highest BCUT2D eigenvalue weighted by atomic mass is 32.2. The summed E-state index contributed by atoms with van der Waals surface area (Å²) in [5.41, 5.74) is 0.961. The maximum atomic E-state index is 13.6. The number of carbonyl (C=O) groups is 2. The summed E-state index contributed by atoms with van der Waals surface area (Å²) < 4.78 is 0. The Hall–Kier alpha value is -1.60. The lowest BCUT2D eigenvalue weighted by atomic mass is 9.74.